The fraction of sp³-hybridized carbons (Fsp3) is 0.500. The van der Waals surface area contributed by atoms with Gasteiger partial charge in [0, 0.05) is 24.2 Å². The van der Waals surface area contributed by atoms with Gasteiger partial charge in [0.1, 0.15) is 9.84 Å². The first-order valence-electron chi connectivity index (χ1n) is 6.55. The van der Waals surface area contributed by atoms with Gasteiger partial charge in [-0.15, -0.1) is 0 Å². The van der Waals surface area contributed by atoms with Crippen molar-refractivity contribution in [3.8, 4) is 0 Å². The van der Waals surface area contributed by atoms with Crippen LogP contribution in [0.3, 0.4) is 0 Å². The first-order chi connectivity index (χ1) is 9.69. The maximum Gasteiger partial charge on any atom is 0.221 e. The lowest BCUT2D eigenvalue weighted by Crippen LogP contribution is -2.35. The van der Waals surface area contributed by atoms with E-state index >= 15 is 0 Å². The van der Waals surface area contributed by atoms with E-state index < -0.39 is 9.84 Å². The third-order valence-electron chi connectivity index (χ3n) is 3.05. The van der Waals surface area contributed by atoms with Crippen molar-refractivity contribution >= 4 is 27.3 Å². The summed E-state index contributed by atoms with van der Waals surface area (Å²) in [4.78, 5) is 13.7. The van der Waals surface area contributed by atoms with Crippen LogP contribution in [0.4, 0.5) is 0 Å². The molecule has 0 aliphatic heterocycles. The van der Waals surface area contributed by atoms with Gasteiger partial charge in [0.05, 0.1) is 11.8 Å². The first kappa shape index (κ1) is 17.9. The molecule has 21 heavy (non-hydrogen) atoms. The highest BCUT2D eigenvalue weighted by Crippen LogP contribution is 2.20. The fourth-order valence-electron chi connectivity index (χ4n) is 1.89. The molecule has 1 aromatic carbocycles. The van der Waals surface area contributed by atoms with Crippen molar-refractivity contribution in [1.29, 1.82) is 0 Å². The molecule has 1 aromatic rings. The second-order valence-electron chi connectivity index (χ2n) is 5.22. The molecule has 0 bridgehead atoms. The Morgan fingerprint density at radius 3 is 2.57 bits per heavy atom. The number of benzene rings is 1. The zero-order valence-corrected chi connectivity index (χ0v) is 14.0. The lowest BCUT2D eigenvalue weighted by Gasteiger charge is -2.25. The number of rotatable bonds is 7. The molecule has 1 unspecified atom stereocenters. The highest BCUT2D eigenvalue weighted by atomic mass is 35.5. The molecule has 118 valence electrons. The molecule has 0 saturated carbocycles. The normalized spacial score (nSPS) is 13.2. The summed E-state index contributed by atoms with van der Waals surface area (Å²) in [5.74, 6) is -0.405. The number of likely N-dealkylation sites (N-methyl/N-ethyl adjacent to an activating group) is 1. The average molecular weight is 333 g/mol. The van der Waals surface area contributed by atoms with Crippen LogP contribution in [0.1, 0.15) is 18.0 Å². The van der Waals surface area contributed by atoms with E-state index in [9.17, 15) is 13.2 Å². The van der Waals surface area contributed by atoms with Gasteiger partial charge in [-0.3, -0.25) is 4.79 Å². The van der Waals surface area contributed by atoms with Gasteiger partial charge in [-0.1, -0.05) is 23.7 Å². The largest absolute Gasteiger partial charge is 0.354 e. The van der Waals surface area contributed by atoms with Crippen molar-refractivity contribution in [2.75, 3.05) is 32.6 Å². The van der Waals surface area contributed by atoms with E-state index in [2.05, 4.69) is 5.32 Å². The molecule has 0 radical (unpaired) electrons. The summed E-state index contributed by atoms with van der Waals surface area (Å²) in [6.07, 6.45) is 1.10. The van der Waals surface area contributed by atoms with Crippen LogP contribution in [0.5, 0.6) is 0 Å². The molecule has 0 saturated heterocycles. The Hall–Kier alpha value is -1.11. The molecule has 5 nitrogen and oxygen atoms in total. The van der Waals surface area contributed by atoms with Crippen molar-refractivity contribution in [2.45, 2.75) is 12.5 Å². The van der Waals surface area contributed by atoms with Crippen LogP contribution in [0, 0.1) is 0 Å². The number of carbonyl (C=O) groups excluding carboxylic acids is 1. The summed E-state index contributed by atoms with van der Waals surface area (Å²) in [7, 11) is 0.701. The zero-order chi connectivity index (χ0) is 16.0. The van der Waals surface area contributed by atoms with Crippen molar-refractivity contribution in [1.82, 2.24) is 10.2 Å². The Morgan fingerprint density at radius 2 is 2.05 bits per heavy atom. The summed E-state index contributed by atoms with van der Waals surface area (Å²) >= 11 is 5.98. The molecule has 0 aliphatic rings. The van der Waals surface area contributed by atoms with Crippen molar-refractivity contribution in [3.63, 3.8) is 0 Å². The molecular weight excluding hydrogens is 312 g/mol. The van der Waals surface area contributed by atoms with Crippen molar-refractivity contribution < 1.29 is 13.2 Å². The molecule has 0 aliphatic carbocycles. The summed E-state index contributed by atoms with van der Waals surface area (Å²) in [6, 6.07) is 7.43. The van der Waals surface area contributed by atoms with Crippen LogP contribution in [0.25, 0.3) is 0 Å². The number of nitrogens with zero attached hydrogens (tertiary/aromatic N) is 1. The number of hydrogen-bond acceptors (Lipinski definition) is 4. The maximum atomic E-state index is 11.7. The number of halogens is 1. The van der Waals surface area contributed by atoms with Crippen LogP contribution in [0.2, 0.25) is 5.02 Å². The van der Waals surface area contributed by atoms with Gasteiger partial charge in [-0.2, -0.15) is 0 Å². The van der Waals surface area contributed by atoms with Crippen molar-refractivity contribution in [2.24, 2.45) is 0 Å². The summed E-state index contributed by atoms with van der Waals surface area (Å²) < 4.78 is 22.1. The fourth-order valence-corrected chi connectivity index (χ4v) is 2.64. The molecule has 0 heterocycles. The topological polar surface area (TPSA) is 66.5 Å². The molecule has 7 heteroatoms. The minimum absolute atomic E-state index is 0.0193. The van der Waals surface area contributed by atoms with Gasteiger partial charge in [0.2, 0.25) is 5.91 Å². The Balaban J connectivity index is 2.62. The lowest BCUT2D eigenvalue weighted by atomic mass is 10.1. The van der Waals surface area contributed by atoms with Gasteiger partial charge in [0.25, 0.3) is 0 Å². The lowest BCUT2D eigenvalue weighted by molar-refractivity contribution is -0.120. The molecular formula is C14H21ClN2O3S. The second kappa shape index (κ2) is 7.77. The molecule has 0 fully saturated rings. The van der Waals surface area contributed by atoms with Gasteiger partial charge in [-0.05, 0) is 31.8 Å². The molecule has 0 aromatic heterocycles. The Morgan fingerprint density at radius 1 is 1.38 bits per heavy atom. The maximum absolute atomic E-state index is 11.7. The number of sulfone groups is 1. The summed E-state index contributed by atoms with van der Waals surface area (Å²) in [5, 5.41) is 3.41. The number of hydrogen-bond donors (Lipinski definition) is 1. The van der Waals surface area contributed by atoms with Crippen LogP contribution >= 0.6 is 11.6 Å². The molecule has 1 amide bonds. The molecule has 1 rings (SSSR count). The Kier molecular flexibility index (Phi) is 6.64. The number of amides is 1. The second-order valence-corrected chi connectivity index (χ2v) is 7.91. The van der Waals surface area contributed by atoms with E-state index in [4.69, 9.17) is 11.6 Å². The monoisotopic (exact) mass is 332 g/mol. The smallest absolute Gasteiger partial charge is 0.221 e. The predicted octanol–water partition coefficient (Wildman–Crippen LogP) is 1.49. The number of carbonyl (C=O) groups is 1. The van der Waals surface area contributed by atoms with E-state index in [1.807, 2.05) is 37.2 Å². The van der Waals surface area contributed by atoms with Crippen LogP contribution in [-0.4, -0.2) is 51.9 Å². The van der Waals surface area contributed by atoms with E-state index in [0.29, 0.717) is 11.6 Å². The predicted molar refractivity (Wildman–Crippen MR) is 85.2 cm³/mol. The zero-order valence-electron chi connectivity index (χ0n) is 12.5. The van der Waals surface area contributed by atoms with Crippen LogP contribution in [-0.2, 0) is 14.6 Å². The minimum Gasteiger partial charge on any atom is -0.354 e. The van der Waals surface area contributed by atoms with Gasteiger partial charge >= 0.3 is 0 Å². The van der Waals surface area contributed by atoms with Crippen molar-refractivity contribution in [3.05, 3.63) is 34.9 Å². The first-order valence-corrected chi connectivity index (χ1v) is 8.99. The summed E-state index contributed by atoms with van der Waals surface area (Å²) in [5.41, 5.74) is 0.996. The van der Waals surface area contributed by atoms with Crippen LogP contribution in [0.15, 0.2) is 24.3 Å². The van der Waals surface area contributed by atoms with Gasteiger partial charge in [0.15, 0.2) is 0 Å². The Labute approximate surface area is 131 Å². The third-order valence-corrected chi connectivity index (χ3v) is 4.23. The SMILES string of the molecule is CN(C)C(CNC(=O)CCS(C)(=O)=O)c1cccc(Cl)c1. The quantitative estimate of drug-likeness (QED) is 0.821. The molecule has 0 spiro atoms. The summed E-state index contributed by atoms with van der Waals surface area (Å²) in [6.45, 7) is 0.399. The van der Waals surface area contributed by atoms with E-state index in [0.717, 1.165) is 11.8 Å². The van der Waals surface area contributed by atoms with Gasteiger partial charge < -0.3 is 10.2 Å². The highest BCUT2D eigenvalue weighted by molar-refractivity contribution is 7.90. The van der Waals surface area contributed by atoms with E-state index in [1.54, 1.807) is 6.07 Å². The third kappa shape index (κ3) is 6.93. The van der Waals surface area contributed by atoms with E-state index in [1.165, 1.54) is 0 Å². The van der Waals surface area contributed by atoms with Crippen LogP contribution < -0.4 is 5.32 Å². The molecule has 1 atom stereocenters. The molecule has 1 N–H and O–H groups in total. The van der Waals surface area contributed by atoms with Gasteiger partial charge in [-0.25, -0.2) is 8.42 Å². The number of nitrogens with one attached hydrogen (secondary N) is 1. The highest BCUT2D eigenvalue weighted by Gasteiger charge is 2.16. The standard InChI is InChI=1S/C14H21ClN2O3S/c1-17(2)13(11-5-4-6-12(15)9-11)10-16-14(18)7-8-21(3,19)20/h4-6,9,13H,7-8,10H2,1-3H3,(H,16,18). The minimum atomic E-state index is -3.12. The Bertz CT molecular complexity index is 588. The van der Waals surface area contributed by atoms with E-state index in [-0.39, 0.29) is 24.1 Å². The average Bonchev–Trinajstić information content (AvgIpc) is 2.35.